The van der Waals surface area contributed by atoms with Crippen molar-refractivity contribution < 1.29 is 4.39 Å². The highest BCUT2D eigenvalue weighted by Crippen LogP contribution is 2.24. The number of nitrogens with zero attached hydrogens (tertiary/aromatic N) is 2. The lowest BCUT2D eigenvalue weighted by atomic mass is 10.0. The number of aryl methyl sites for hydroxylation is 2. The summed E-state index contributed by atoms with van der Waals surface area (Å²) in [4.78, 5) is 4.18. The molecule has 150 valence electrons. The van der Waals surface area contributed by atoms with Crippen LogP contribution in [0.15, 0.2) is 60.9 Å². The first-order valence-corrected chi connectivity index (χ1v) is 10.1. The van der Waals surface area contributed by atoms with Crippen molar-refractivity contribution in [2.75, 3.05) is 20.1 Å². The Balaban J connectivity index is 1.73. The number of rotatable bonds is 7. The molecule has 4 heteroatoms. The highest BCUT2D eigenvalue weighted by molar-refractivity contribution is 5.23. The fraction of sp³-hybridized carbons (Fsp3) is 0.417. The van der Waals surface area contributed by atoms with E-state index in [1.165, 1.54) is 22.3 Å². The van der Waals surface area contributed by atoms with Crippen LogP contribution in [0.3, 0.4) is 0 Å². The molecular formula is C24H32FN3. The topological polar surface area (TPSA) is 18.5 Å². The minimum Gasteiger partial charge on any atom is -0.368 e. The molecule has 1 heterocycles. The molecule has 1 fully saturated rings. The molecule has 1 N–H and O–H groups in total. The Kier molecular flexibility index (Phi) is 6.74. The van der Waals surface area contributed by atoms with Gasteiger partial charge in [0.25, 0.3) is 0 Å². The zero-order valence-corrected chi connectivity index (χ0v) is 17.3. The molecule has 0 radical (unpaired) electrons. The van der Waals surface area contributed by atoms with Gasteiger partial charge in [-0.2, -0.15) is 0 Å². The van der Waals surface area contributed by atoms with Crippen LogP contribution >= 0.6 is 0 Å². The molecule has 28 heavy (non-hydrogen) atoms. The molecule has 1 aliphatic rings. The normalized spacial score (nSPS) is 20.0. The molecule has 0 aliphatic carbocycles. The smallest absolute Gasteiger partial charge is 0.133 e. The van der Waals surface area contributed by atoms with Gasteiger partial charge in [0.1, 0.15) is 6.17 Å². The summed E-state index contributed by atoms with van der Waals surface area (Å²) in [6.07, 6.45) is -0.0866. The molecule has 3 rings (SSSR count). The van der Waals surface area contributed by atoms with Crippen molar-refractivity contribution in [1.29, 1.82) is 0 Å². The van der Waals surface area contributed by atoms with Crippen LogP contribution in [0, 0.1) is 13.8 Å². The van der Waals surface area contributed by atoms with Gasteiger partial charge >= 0.3 is 0 Å². The number of piperidine rings is 1. The van der Waals surface area contributed by atoms with Crippen molar-refractivity contribution in [3.63, 3.8) is 0 Å². The van der Waals surface area contributed by atoms with E-state index in [2.05, 4.69) is 84.1 Å². The van der Waals surface area contributed by atoms with Crippen LogP contribution < -0.4 is 5.32 Å². The van der Waals surface area contributed by atoms with Crippen LogP contribution in [0.1, 0.15) is 28.7 Å². The highest BCUT2D eigenvalue weighted by atomic mass is 19.1. The Morgan fingerprint density at radius 2 is 1.64 bits per heavy atom. The Hall–Kier alpha value is -2.33. The summed E-state index contributed by atoms with van der Waals surface area (Å²) in [6.45, 7) is 11.2. The van der Waals surface area contributed by atoms with Crippen LogP contribution in [-0.4, -0.2) is 42.2 Å². The standard InChI is InChI=1S/C24H32FN3/c1-18-5-9-21(10-6-18)15-26-20(3)28(16-22-11-7-19(2)8-12-22)24-13-14-27(4)17-23(24)25/h5-12,23-24,26H,3,13-17H2,1-2,4H3. The molecule has 2 atom stereocenters. The van der Waals surface area contributed by atoms with E-state index in [0.717, 1.165) is 18.8 Å². The monoisotopic (exact) mass is 381 g/mol. The maximum Gasteiger partial charge on any atom is 0.133 e. The quantitative estimate of drug-likeness (QED) is 0.766. The van der Waals surface area contributed by atoms with E-state index in [-0.39, 0.29) is 6.04 Å². The van der Waals surface area contributed by atoms with E-state index >= 15 is 0 Å². The summed E-state index contributed by atoms with van der Waals surface area (Å²) in [7, 11) is 1.98. The van der Waals surface area contributed by atoms with Gasteiger partial charge in [-0.3, -0.25) is 0 Å². The van der Waals surface area contributed by atoms with Crippen LogP contribution in [0.5, 0.6) is 0 Å². The Morgan fingerprint density at radius 3 is 2.21 bits per heavy atom. The molecule has 0 aromatic heterocycles. The maximum atomic E-state index is 14.9. The number of halogens is 1. The zero-order chi connectivity index (χ0) is 20.1. The summed E-state index contributed by atoms with van der Waals surface area (Å²) in [6, 6.07) is 16.8. The van der Waals surface area contributed by atoms with Gasteiger partial charge in [0, 0.05) is 26.2 Å². The average Bonchev–Trinajstić information content (AvgIpc) is 2.67. The third-order valence-corrected chi connectivity index (χ3v) is 5.55. The minimum absolute atomic E-state index is 0.157. The van der Waals surface area contributed by atoms with E-state index in [0.29, 0.717) is 19.6 Å². The van der Waals surface area contributed by atoms with Crippen molar-refractivity contribution in [3.8, 4) is 0 Å². The van der Waals surface area contributed by atoms with Crippen LogP contribution in [0.4, 0.5) is 4.39 Å². The van der Waals surface area contributed by atoms with Gasteiger partial charge in [0.15, 0.2) is 0 Å². The van der Waals surface area contributed by atoms with E-state index < -0.39 is 6.17 Å². The van der Waals surface area contributed by atoms with Gasteiger partial charge in [0.05, 0.1) is 11.9 Å². The van der Waals surface area contributed by atoms with E-state index in [9.17, 15) is 4.39 Å². The Labute approximate surface area is 168 Å². The van der Waals surface area contributed by atoms with Gasteiger partial charge in [-0.05, 0) is 38.4 Å². The second-order valence-corrected chi connectivity index (χ2v) is 8.03. The maximum absolute atomic E-state index is 14.9. The molecule has 1 aliphatic heterocycles. The van der Waals surface area contributed by atoms with Crippen molar-refractivity contribution in [3.05, 3.63) is 83.2 Å². The molecule has 0 bridgehead atoms. The van der Waals surface area contributed by atoms with Gasteiger partial charge in [-0.25, -0.2) is 4.39 Å². The lowest BCUT2D eigenvalue weighted by Crippen LogP contribution is -2.52. The van der Waals surface area contributed by atoms with Crippen molar-refractivity contribution >= 4 is 0 Å². The van der Waals surface area contributed by atoms with Gasteiger partial charge in [0.2, 0.25) is 0 Å². The van der Waals surface area contributed by atoms with E-state index in [4.69, 9.17) is 0 Å². The fourth-order valence-electron chi connectivity index (χ4n) is 3.71. The summed E-state index contributed by atoms with van der Waals surface area (Å²) >= 11 is 0. The molecule has 2 aromatic carbocycles. The van der Waals surface area contributed by atoms with E-state index in [1.807, 2.05) is 7.05 Å². The predicted molar refractivity (Wildman–Crippen MR) is 115 cm³/mol. The number of likely N-dealkylation sites (tertiary alicyclic amines) is 1. The molecule has 0 saturated carbocycles. The SMILES string of the molecule is C=C(NCc1ccc(C)cc1)N(Cc1ccc(C)cc1)C1CCN(C)CC1F. The largest absolute Gasteiger partial charge is 0.368 e. The average molecular weight is 382 g/mol. The minimum atomic E-state index is -0.887. The van der Waals surface area contributed by atoms with Gasteiger partial charge in [-0.1, -0.05) is 66.2 Å². The Morgan fingerprint density at radius 1 is 1.07 bits per heavy atom. The molecule has 0 spiro atoms. The fourth-order valence-corrected chi connectivity index (χ4v) is 3.71. The van der Waals surface area contributed by atoms with Crippen LogP contribution in [0.2, 0.25) is 0 Å². The number of hydrogen-bond donors (Lipinski definition) is 1. The number of benzene rings is 2. The highest BCUT2D eigenvalue weighted by Gasteiger charge is 2.33. The number of nitrogens with one attached hydrogen (secondary N) is 1. The molecule has 1 saturated heterocycles. The summed E-state index contributed by atoms with van der Waals surface area (Å²) in [5.74, 6) is 0.790. The van der Waals surface area contributed by atoms with Crippen molar-refractivity contribution in [2.24, 2.45) is 0 Å². The first-order chi connectivity index (χ1) is 13.4. The van der Waals surface area contributed by atoms with Gasteiger partial charge in [-0.15, -0.1) is 0 Å². The van der Waals surface area contributed by atoms with Crippen LogP contribution in [0.25, 0.3) is 0 Å². The second-order valence-electron chi connectivity index (χ2n) is 8.03. The third-order valence-electron chi connectivity index (χ3n) is 5.55. The summed E-state index contributed by atoms with van der Waals surface area (Å²) in [5, 5.41) is 3.43. The number of alkyl halides is 1. The summed E-state index contributed by atoms with van der Waals surface area (Å²) in [5.41, 5.74) is 4.85. The van der Waals surface area contributed by atoms with Crippen molar-refractivity contribution in [1.82, 2.24) is 15.1 Å². The second kappa shape index (κ2) is 9.24. The third kappa shape index (κ3) is 5.35. The predicted octanol–water partition coefficient (Wildman–Crippen LogP) is 4.41. The lowest BCUT2D eigenvalue weighted by molar-refractivity contribution is 0.0542. The molecule has 2 unspecified atom stereocenters. The van der Waals surface area contributed by atoms with Crippen LogP contribution in [-0.2, 0) is 13.1 Å². The first-order valence-electron chi connectivity index (χ1n) is 10.1. The van der Waals surface area contributed by atoms with E-state index in [1.54, 1.807) is 0 Å². The zero-order valence-electron chi connectivity index (χ0n) is 17.3. The Bertz CT molecular complexity index is 769. The molecular weight excluding hydrogens is 349 g/mol. The van der Waals surface area contributed by atoms with Crippen molar-refractivity contribution in [2.45, 2.75) is 45.6 Å². The molecule has 3 nitrogen and oxygen atoms in total. The number of hydrogen-bond acceptors (Lipinski definition) is 3. The van der Waals surface area contributed by atoms with Gasteiger partial charge < -0.3 is 15.1 Å². The molecule has 2 aromatic rings. The lowest BCUT2D eigenvalue weighted by Gasteiger charge is -2.41. The summed E-state index contributed by atoms with van der Waals surface area (Å²) < 4.78 is 14.9. The first kappa shape index (κ1) is 20.4. The molecule has 0 amide bonds.